The van der Waals surface area contributed by atoms with Crippen molar-refractivity contribution in [2.24, 2.45) is 5.92 Å². The van der Waals surface area contributed by atoms with E-state index in [4.69, 9.17) is 0 Å². The van der Waals surface area contributed by atoms with E-state index in [0.717, 1.165) is 18.4 Å². The lowest BCUT2D eigenvalue weighted by molar-refractivity contribution is -0.139. The predicted octanol–water partition coefficient (Wildman–Crippen LogP) is 3.94. The van der Waals surface area contributed by atoms with Gasteiger partial charge in [0.05, 0.1) is 5.92 Å². The molecule has 0 spiro atoms. The maximum absolute atomic E-state index is 13.0. The Balaban J connectivity index is 2.08. The van der Waals surface area contributed by atoms with Crippen molar-refractivity contribution >= 4 is 12.0 Å². The van der Waals surface area contributed by atoms with E-state index in [0.29, 0.717) is 25.6 Å². The molecule has 0 saturated carbocycles. The lowest BCUT2D eigenvalue weighted by Crippen LogP contribution is -2.48. The zero-order valence-corrected chi connectivity index (χ0v) is 15.7. The standard InChI is InChI=1S/C20H30N2O3/c1-14(2)17-9-7-16(8-10-17)12-22(15(3)4)19(23)18-6-5-11-21(13-18)20(24)25/h7-10,14-15,18H,5-6,11-13H2,1-4H3,(H,24,25)/t18-/m1/s1. The van der Waals surface area contributed by atoms with E-state index in [1.807, 2.05) is 18.7 Å². The van der Waals surface area contributed by atoms with Crippen LogP contribution >= 0.6 is 0 Å². The number of amides is 2. The highest BCUT2D eigenvalue weighted by atomic mass is 16.4. The molecular formula is C20H30N2O3. The van der Waals surface area contributed by atoms with Gasteiger partial charge in [0.25, 0.3) is 0 Å². The number of carbonyl (C=O) groups is 2. The van der Waals surface area contributed by atoms with Crippen molar-refractivity contribution in [3.63, 3.8) is 0 Å². The van der Waals surface area contributed by atoms with Crippen molar-refractivity contribution in [3.05, 3.63) is 35.4 Å². The molecule has 0 radical (unpaired) electrons. The van der Waals surface area contributed by atoms with E-state index < -0.39 is 6.09 Å². The van der Waals surface area contributed by atoms with Crippen molar-refractivity contribution in [2.75, 3.05) is 13.1 Å². The fraction of sp³-hybridized carbons (Fsp3) is 0.600. The Hall–Kier alpha value is -2.04. The number of hydrogen-bond donors (Lipinski definition) is 1. The van der Waals surface area contributed by atoms with Crippen LogP contribution in [-0.4, -0.2) is 46.0 Å². The highest BCUT2D eigenvalue weighted by molar-refractivity contribution is 5.80. The monoisotopic (exact) mass is 346 g/mol. The van der Waals surface area contributed by atoms with Crippen LogP contribution in [0.1, 0.15) is 57.6 Å². The topological polar surface area (TPSA) is 60.9 Å². The third kappa shape index (κ3) is 4.97. The molecule has 0 aromatic heterocycles. The molecule has 1 N–H and O–H groups in total. The molecular weight excluding hydrogens is 316 g/mol. The molecule has 1 heterocycles. The van der Waals surface area contributed by atoms with E-state index in [1.165, 1.54) is 10.5 Å². The van der Waals surface area contributed by atoms with Crippen molar-refractivity contribution in [2.45, 2.75) is 59.0 Å². The van der Waals surface area contributed by atoms with Crippen LogP contribution < -0.4 is 0 Å². The molecule has 2 amide bonds. The Labute approximate surface area is 150 Å². The molecule has 0 bridgehead atoms. The predicted molar refractivity (Wildman–Crippen MR) is 98.5 cm³/mol. The van der Waals surface area contributed by atoms with Crippen molar-refractivity contribution in [1.29, 1.82) is 0 Å². The summed E-state index contributed by atoms with van der Waals surface area (Å²) in [5.74, 6) is 0.317. The number of carboxylic acid groups (broad SMARTS) is 1. The lowest BCUT2D eigenvalue weighted by Gasteiger charge is -2.35. The van der Waals surface area contributed by atoms with Gasteiger partial charge in [0, 0.05) is 25.7 Å². The fourth-order valence-electron chi connectivity index (χ4n) is 3.31. The SMILES string of the molecule is CC(C)c1ccc(CN(C(=O)[C@@H]2CCCN(C(=O)O)C2)C(C)C)cc1. The minimum Gasteiger partial charge on any atom is -0.465 e. The molecule has 1 aliphatic rings. The van der Waals surface area contributed by atoms with Gasteiger partial charge in [0.2, 0.25) is 5.91 Å². The summed E-state index contributed by atoms with van der Waals surface area (Å²) in [7, 11) is 0. The van der Waals surface area contributed by atoms with Crippen molar-refractivity contribution < 1.29 is 14.7 Å². The third-order valence-electron chi connectivity index (χ3n) is 4.95. The second kappa shape index (κ2) is 8.37. The number of rotatable bonds is 5. The lowest BCUT2D eigenvalue weighted by atomic mass is 9.95. The summed E-state index contributed by atoms with van der Waals surface area (Å²) in [5, 5.41) is 9.19. The van der Waals surface area contributed by atoms with Crippen LogP contribution in [-0.2, 0) is 11.3 Å². The number of nitrogens with zero attached hydrogens (tertiary/aromatic N) is 2. The highest BCUT2D eigenvalue weighted by Crippen LogP contribution is 2.22. The first-order valence-electron chi connectivity index (χ1n) is 9.16. The summed E-state index contributed by atoms with van der Waals surface area (Å²) in [5.41, 5.74) is 2.40. The van der Waals surface area contributed by atoms with E-state index >= 15 is 0 Å². The minimum absolute atomic E-state index is 0.0638. The van der Waals surface area contributed by atoms with Crippen LogP contribution in [0.2, 0.25) is 0 Å². The van der Waals surface area contributed by atoms with Gasteiger partial charge in [-0.2, -0.15) is 0 Å². The average molecular weight is 346 g/mol. The van der Waals surface area contributed by atoms with Gasteiger partial charge in [-0.1, -0.05) is 38.1 Å². The van der Waals surface area contributed by atoms with E-state index in [9.17, 15) is 14.7 Å². The van der Waals surface area contributed by atoms with Gasteiger partial charge >= 0.3 is 6.09 Å². The van der Waals surface area contributed by atoms with Gasteiger partial charge in [0.15, 0.2) is 0 Å². The summed E-state index contributed by atoms with van der Waals surface area (Å²) >= 11 is 0. The number of hydrogen-bond acceptors (Lipinski definition) is 2. The molecule has 1 aliphatic heterocycles. The van der Waals surface area contributed by atoms with Crippen LogP contribution in [0.15, 0.2) is 24.3 Å². The Bertz CT molecular complexity index is 595. The minimum atomic E-state index is -0.933. The molecule has 1 aromatic carbocycles. The first-order chi connectivity index (χ1) is 11.8. The smallest absolute Gasteiger partial charge is 0.407 e. The van der Waals surface area contributed by atoms with Crippen molar-refractivity contribution in [1.82, 2.24) is 9.80 Å². The van der Waals surface area contributed by atoms with Crippen LogP contribution in [0.4, 0.5) is 4.79 Å². The molecule has 5 nitrogen and oxygen atoms in total. The molecule has 138 valence electrons. The van der Waals surface area contributed by atoms with E-state index in [-0.39, 0.29) is 17.9 Å². The molecule has 2 rings (SSSR count). The summed E-state index contributed by atoms with van der Waals surface area (Å²) in [6, 6.07) is 8.49. The third-order valence-corrected chi connectivity index (χ3v) is 4.95. The van der Waals surface area contributed by atoms with Gasteiger partial charge in [-0.15, -0.1) is 0 Å². The highest BCUT2D eigenvalue weighted by Gasteiger charge is 2.32. The zero-order chi connectivity index (χ0) is 18.6. The number of benzene rings is 1. The number of carbonyl (C=O) groups excluding carboxylic acids is 1. The molecule has 25 heavy (non-hydrogen) atoms. The number of piperidine rings is 1. The average Bonchev–Trinajstić information content (AvgIpc) is 2.59. The maximum atomic E-state index is 13.0. The molecule has 5 heteroatoms. The molecule has 0 unspecified atom stereocenters. The molecule has 1 atom stereocenters. The summed E-state index contributed by atoms with van der Waals surface area (Å²) in [6.45, 7) is 9.75. The van der Waals surface area contributed by atoms with Gasteiger partial charge < -0.3 is 14.9 Å². The Morgan fingerprint density at radius 3 is 2.36 bits per heavy atom. The Kier molecular flexibility index (Phi) is 6.45. The van der Waals surface area contributed by atoms with Crippen LogP contribution in [0.25, 0.3) is 0 Å². The fourth-order valence-corrected chi connectivity index (χ4v) is 3.31. The van der Waals surface area contributed by atoms with Gasteiger partial charge in [-0.3, -0.25) is 4.79 Å². The zero-order valence-electron chi connectivity index (χ0n) is 15.7. The van der Waals surface area contributed by atoms with Crippen LogP contribution in [0, 0.1) is 5.92 Å². The Morgan fingerprint density at radius 2 is 1.84 bits per heavy atom. The second-order valence-corrected chi connectivity index (χ2v) is 7.52. The van der Waals surface area contributed by atoms with E-state index in [2.05, 4.69) is 38.1 Å². The van der Waals surface area contributed by atoms with Crippen LogP contribution in [0.3, 0.4) is 0 Å². The number of likely N-dealkylation sites (tertiary alicyclic amines) is 1. The first-order valence-corrected chi connectivity index (χ1v) is 9.16. The second-order valence-electron chi connectivity index (χ2n) is 7.52. The molecule has 1 fully saturated rings. The quantitative estimate of drug-likeness (QED) is 0.878. The first kappa shape index (κ1) is 19.3. The Morgan fingerprint density at radius 1 is 1.20 bits per heavy atom. The van der Waals surface area contributed by atoms with E-state index in [1.54, 1.807) is 0 Å². The maximum Gasteiger partial charge on any atom is 0.407 e. The van der Waals surface area contributed by atoms with Crippen LogP contribution in [0.5, 0.6) is 0 Å². The van der Waals surface area contributed by atoms with Gasteiger partial charge in [-0.05, 0) is 43.7 Å². The largest absolute Gasteiger partial charge is 0.465 e. The van der Waals surface area contributed by atoms with Crippen molar-refractivity contribution in [3.8, 4) is 0 Å². The molecule has 1 aromatic rings. The summed E-state index contributed by atoms with van der Waals surface area (Å²) in [4.78, 5) is 27.4. The summed E-state index contributed by atoms with van der Waals surface area (Å²) < 4.78 is 0. The van der Waals surface area contributed by atoms with Gasteiger partial charge in [-0.25, -0.2) is 4.79 Å². The molecule has 0 aliphatic carbocycles. The van der Waals surface area contributed by atoms with Gasteiger partial charge in [0.1, 0.15) is 0 Å². The normalized spacial score (nSPS) is 17.8. The summed E-state index contributed by atoms with van der Waals surface area (Å²) in [6.07, 6.45) is 0.577. The molecule has 1 saturated heterocycles.